The van der Waals surface area contributed by atoms with Gasteiger partial charge >= 0.3 is 0 Å². The van der Waals surface area contributed by atoms with Gasteiger partial charge in [-0.3, -0.25) is 0 Å². The van der Waals surface area contributed by atoms with E-state index in [1.165, 1.54) is 16.0 Å². The van der Waals surface area contributed by atoms with E-state index >= 15 is 0 Å². The molecule has 33 heavy (non-hydrogen) atoms. The molecule has 0 atom stereocenters. The Morgan fingerprint density at radius 1 is 0.788 bits per heavy atom. The van der Waals surface area contributed by atoms with Crippen LogP contribution >= 0.6 is 11.3 Å². The molecule has 5 rings (SSSR count). The lowest BCUT2D eigenvalue weighted by Crippen LogP contribution is -2.07. The molecule has 0 spiro atoms. The van der Waals surface area contributed by atoms with Gasteiger partial charge in [-0.15, -0.1) is 15.3 Å². The van der Waals surface area contributed by atoms with Crippen molar-refractivity contribution in [2.24, 2.45) is 0 Å². The quantitative estimate of drug-likeness (QED) is 0.247. The van der Waals surface area contributed by atoms with Crippen molar-refractivity contribution in [2.45, 2.75) is 0 Å². The number of pyridine rings is 1. The molecule has 0 saturated heterocycles. The number of rotatable bonds is 4. The number of aromatic nitrogens is 9. The normalized spacial score (nSPS) is 11.0. The fraction of sp³-hybridized carbons (Fsp3) is 0. The standard InChI is InChI=1S/C18H16N14S/c19-11-3-10(7-4-25-17(22)26-5-7)32(31-11)12-2-1-8(13(20)27-12)15-24-6-9(14(21)28-15)16-29-30-18(23)33-16/h1-6H,(H2,19,31)(H2,20,27)(H2,23,30)(H2,21,24,28)(H2,22,25,26). The van der Waals surface area contributed by atoms with Crippen molar-refractivity contribution < 1.29 is 0 Å². The molecule has 14 nitrogen and oxygen atoms in total. The first-order valence-electron chi connectivity index (χ1n) is 9.31. The molecule has 0 fully saturated rings. The predicted octanol–water partition coefficient (Wildman–Crippen LogP) is 0.611. The molecule has 5 aromatic rings. The summed E-state index contributed by atoms with van der Waals surface area (Å²) >= 11 is 1.18. The first-order valence-corrected chi connectivity index (χ1v) is 10.1. The van der Waals surface area contributed by atoms with E-state index in [0.717, 1.165) is 0 Å². The van der Waals surface area contributed by atoms with Gasteiger partial charge in [0, 0.05) is 30.2 Å². The summed E-state index contributed by atoms with van der Waals surface area (Å²) in [6, 6.07) is 5.10. The summed E-state index contributed by atoms with van der Waals surface area (Å²) in [7, 11) is 0. The molecule has 0 aromatic carbocycles. The highest BCUT2D eigenvalue weighted by molar-refractivity contribution is 7.18. The lowest BCUT2D eigenvalue weighted by Gasteiger charge is -2.10. The van der Waals surface area contributed by atoms with Crippen LogP contribution in [0.1, 0.15) is 0 Å². The van der Waals surface area contributed by atoms with Gasteiger partial charge in [-0.2, -0.15) is 0 Å². The van der Waals surface area contributed by atoms with Crippen LogP contribution in [0.25, 0.3) is 39.0 Å². The Morgan fingerprint density at radius 2 is 1.55 bits per heavy atom. The van der Waals surface area contributed by atoms with Crippen molar-refractivity contribution in [2.75, 3.05) is 28.7 Å². The van der Waals surface area contributed by atoms with Crippen molar-refractivity contribution in [1.29, 1.82) is 0 Å². The zero-order valence-electron chi connectivity index (χ0n) is 16.8. The lowest BCUT2D eigenvalue weighted by molar-refractivity contribution is 0.859. The van der Waals surface area contributed by atoms with E-state index in [2.05, 4.69) is 40.2 Å². The summed E-state index contributed by atoms with van der Waals surface area (Å²) in [5, 5.41) is 12.9. The number of hydrogen-bond donors (Lipinski definition) is 5. The number of nitrogen functional groups attached to an aromatic ring is 5. The number of nitrogens with zero attached hydrogens (tertiary/aromatic N) is 9. The van der Waals surface area contributed by atoms with Gasteiger partial charge in [-0.25, -0.2) is 29.6 Å². The molecule has 0 bridgehead atoms. The van der Waals surface area contributed by atoms with Crippen molar-refractivity contribution >= 4 is 39.9 Å². The van der Waals surface area contributed by atoms with Crippen LogP contribution in [-0.2, 0) is 0 Å². The average Bonchev–Trinajstić information content (AvgIpc) is 3.39. The van der Waals surface area contributed by atoms with Gasteiger partial charge in [-0.05, 0) is 12.1 Å². The average molecular weight is 460 g/mol. The maximum Gasteiger partial charge on any atom is 0.219 e. The topological polar surface area (TPSA) is 238 Å². The zero-order chi connectivity index (χ0) is 23.1. The van der Waals surface area contributed by atoms with Crippen LogP contribution in [0.2, 0.25) is 0 Å². The van der Waals surface area contributed by atoms with Gasteiger partial charge in [0.25, 0.3) is 0 Å². The Morgan fingerprint density at radius 3 is 2.21 bits per heavy atom. The molecule has 0 aliphatic carbocycles. The molecular formula is C18H16N14S. The second-order valence-corrected chi connectivity index (χ2v) is 7.75. The van der Waals surface area contributed by atoms with Crippen molar-refractivity contribution in [3.05, 3.63) is 36.8 Å². The minimum atomic E-state index is 0.157. The molecule has 5 aromatic heterocycles. The van der Waals surface area contributed by atoms with Gasteiger partial charge in [0.05, 0.1) is 16.8 Å². The first kappa shape index (κ1) is 20.0. The van der Waals surface area contributed by atoms with Gasteiger partial charge < -0.3 is 28.7 Å². The minimum Gasteiger partial charge on any atom is -0.383 e. The Labute approximate surface area is 189 Å². The highest BCUT2D eigenvalue weighted by Gasteiger charge is 2.17. The van der Waals surface area contributed by atoms with Crippen LogP contribution in [0, 0.1) is 0 Å². The fourth-order valence-corrected chi connectivity index (χ4v) is 3.68. The molecule has 10 N–H and O–H groups in total. The van der Waals surface area contributed by atoms with Crippen LogP contribution in [-0.4, -0.2) is 44.9 Å². The predicted molar refractivity (Wildman–Crippen MR) is 124 cm³/mol. The van der Waals surface area contributed by atoms with Crippen LogP contribution in [0.4, 0.5) is 28.5 Å². The number of hydrogen-bond acceptors (Lipinski definition) is 14. The highest BCUT2D eigenvalue weighted by Crippen LogP contribution is 2.31. The summed E-state index contributed by atoms with van der Waals surface area (Å²) in [6.07, 6.45) is 4.67. The van der Waals surface area contributed by atoms with E-state index in [9.17, 15) is 0 Å². The van der Waals surface area contributed by atoms with Crippen LogP contribution in [0.5, 0.6) is 0 Å². The van der Waals surface area contributed by atoms with E-state index in [1.807, 2.05) is 0 Å². The van der Waals surface area contributed by atoms with Crippen LogP contribution in [0.3, 0.4) is 0 Å². The van der Waals surface area contributed by atoms with E-state index in [4.69, 9.17) is 28.7 Å². The SMILES string of the molecule is Nc1cc(-c2cnc(N)nc2)n(-c2ccc(-c3ncc(-c4nnc(N)s4)c(N)n3)c(N)n2)n1. The van der Waals surface area contributed by atoms with E-state index < -0.39 is 0 Å². The van der Waals surface area contributed by atoms with Gasteiger partial charge in [0.2, 0.25) is 11.1 Å². The maximum absolute atomic E-state index is 6.23. The van der Waals surface area contributed by atoms with Gasteiger partial charge in [0.1, 0.15) is 17.5 Å². The van der Waals surface area contributed by atoms with Crippen LogP contribution in [0.15, 0.2) is 36.8 Å². The monoisotopic (exact) mass is 460 g/mol. The zero-order valence-corrected chi connectivity index (χ0v) is 17.6. The minimum absolute atomic E-state index is 0.157. The largest absolute Gasteiger partial charge is 0.383 e. The summed E-state index contributed by atoms with van der Waals surface area (Å²) < 4.78 is 1.53. The molecule has 0 saturated carbocycles. The summed E-state index contributed by atoms with van der Waals surface area (Å²) in [5.41, 5.74) is 31.8. The molecule has 0 unspecified atom stereocenters. The van der Waals surface area contributed by atoms with Gasteiger partial charge in [-0.1, -0.05) is 11.3 Å². The molecule has 164 valence electrons. The smallest absolute Gasteiger partial charge is 0.219 e. The third-order valence-electron chi connectivity index (χ3n) is 4.55. The summed E-state index contributed by atoms with van der Waals surface area (Å²) in [5.74, 6) is 1.56. The molecule has 0 aliphatic rings. The highest BCUT2D eigenvalue weighted by atomic mass is 32.1. The summed E-state index contributed by atoms with van der Waals surface area (Å²) in [4.78, 5) is 21.2. The van der Waals surface area contributed by atoms with Gasteiger partial charge in [0.15, 0.2) is 16.6 Å². The van der Waals surface area contributed by atoms with Crippen molar-refractivity contribution in [3.8, 4) is 39.0 Å². The third-order valence-corrected chi connectivity index (χ3v) is 5.34. The van der Waals surface area contributed by atoms with E-state index in [0.29, 0.717) is 44.2 Å². The maximum atomic E-state index is 6.23. The Bertz CT molecular complexity index is 1470. The molecule has 0 amide bonds. The number of anilines is 5. The molecule has 0 radical (unpaired) electrons. The Balaban J connectivity index is 1.51. The second kappa shape index (κ2) is 7.65. The fourth-order valence-electron chi connectivity index (χ4n) is 3.05. The number of nitrogens with two attached hydrogens (primary N) is 5. The van der Waals surface area contributed by atoms with Crippen molar-refractivity contribution in [1.82, 2.24) is 44.9 Å². The molecular weight excluding hydrogens is 444 g/mol. The molecule has 5 heterocycles. The third kappa shape index (κ3) is 3.68. The van der Waals surface area contributed by atoms with Crippen molar-refractivity contribution in [3.63, 3.8) is 0 Å². The Kier molecular flexibility index (Phi) is 4.64. The van der Waals surface area contributed by atoms with E-state index in [-0.39, 0.29) is 23.4 Å². The van der Waals surface area contributed by atoms with Crippen LogP contribution < -0.4 is 28.7 Å². The first-order chi connectivity index (χ1) is 15.9. The summed E-state index contributed by atoms with van der Waals surface area (Å²) in [6.45, 7) is 0. The van der Waals surface area contributed by atoms with E-state index in [1.54, 1.807) is 36.8 Å². The molecule has 0 aliphatic heterocycles. The lowest BCUT2D eigenvalue weighted by atomic mass is 10.2. The Hall–Kier alpha value is -4.92. The molecule has 15 heteroatoms. The second-order valence-electron chi connectivity index (χ2n) is 6.74.